The molecule has 1 atom stereocenters. The number of fused-ring (bicyclic) bond motifs is 1. The maximum atomic E-state index is 13.1. The molecule has 1 fully saturated rings. The second-order valence-electron chi connectivity index (χ2n) is 7.23. The highest BCUT2D eigenvalue weighted by Crippen LogP contribution is 2.33. The van der Waals surface area contributed by atoms with Crippen molar-refractivity contribution in [2.24, 2.45) is 0 Å². The van der Waals surface area contributed by atoms with E-state index in [1.165, 1.54) is 18.3 Å². The highest BCUT2D eigenvalue weighted by atomic mass is 32.1. The summed E-state index contributed by atoms with van der Waals surface area (Å²) in [4.78, 5) is 40.2. The van der Waals surface area contributed by atoms with E-state index >= 15 is 0 Å². The number of hydrogen-bond donors (Lipinski definition) is 2. The highest BCUT2D eigenvalue weighted by Gasteiger charge is 2.28. The molecule has 9 heteroatoms. The Morgan fingerprint density at radius 1 is 1.13 bits per heavy atom. The lowest BCUT2D eigenvalue weighted by molar-refractivity contribution is -0.120. The van der Waals surface area contributed by atoms with Crippen molar-refractivity contribution in [2.75, 3.05) is 31.6 Å². The summed E-state index contributed by atoms with van der Waals surface area (Å²) in [7, 11) is 0. The third-order valence-electron chi connectivity index (χ3n) is 5.01. The van der Waals surface area contributed by atoms with Crippen LogP contribution in [0.3, 0.4) is 0 Å². The second kappa shape index (κ2) is 9.32. The minimum atomic E-state index is -0.450. The minimum Gasteiger partial charge on any atom is -0.449 e. The summed E-state index contributed by atoms with van der Waals surface area (Å²) < 4.78 is 11.2. The van der Waals surface area contributed by atoms with Crippen LogP contribution in [0.1, 0.15) is 34.8 Å². The van der Waals surface area contributed by atoms with Crippen LogP contribution in [0.5, 0.6) is 0 Å². The molecule has 3 amide bonds. The number of para-hydroxylation sites is 1. The van der Waals surface area contributed by atoms with Crippen molar-refractivity contribution in [3.8, 4) is 0 Å². The average Bonchev–Trinajstić information content (AvgIpc) is 3.42. The number of rotatable bonds is 6. The molecule has 1 saturated heterocycles. The molecule has 1 aliphatic heterocycles. The number of anilines is 1. The molecule has 3 aromatic rings. The Labute approximate surface area is 183 Å². The van der Waals surface area contributed by atoms with Gasteiger partial charge in [-0.05, 0) is 23.6 Å². The molecule has 0 radical (unpaired) electrons. The van der Waals surface area contributed by atoms with Crippen molar-refractivity contribution in [3.63, 3.8) is 0 Å². The number of morpholine rings is 1. The van der Waals surface area contributed by atoms with Crippen LogP contribution in [0.4, 0.5) is 5.69 Å². The zero-order valence-corrected chi connectivity index (χ0v) is 17.9. The highest BCUT2D eigenvalue weighted by molar-refractivity contribution is 7.10. The van der Waals surface area contributed by atoms with Gasteiger partial charge in [-0.1, -0.05) is 18.2 Å². The third kappa shape index (κ3) is 4.78. The van der Waals surface area contributed by atoms with Crippen molar-refractivity contribution < 1.29 is 23.5 Å². The van der Waals surface area contributed by atoms with Gasteiger partial charge < -0.3 is 24.7 Å². The Kier molecular flexibility index (Phi) is 6.34. The molecule has 1 aromatic carbocycles. The molecule has 31 heavy (non-hydrogen) atoms. The van der Waals surface area contributed by atoms with Crippen LogP contribution in [0.2, 0.25) is 0 Å². The largest absolute Gasteiger partial charge is 0.449 e. The Morgan fingerprint density at radius 2 is 1.90 bits per heavy atom. The number of carbonyl (C=O) groups excluding carboxylic acids is 3. The fourth-order valence-electron chi connectivity index (χ4n) is 3.56. The van der Waals surface area contributed by atoms with Crippen molar-refractivity contribution in [1.82, 2.24) is 10.2 Å². The smallest absolute Gasteiger partial charge is 0.291 e. The molecule has 4 rings (SSSR count). The second-order valence-corrected chi connectivity index (χ2v) is 8.21. The molecular weight excluding hydrogens is 418 g/mol. The van der Waals surface area contributed by atoms with Gasteiger partial charge in [-0.2, -0.15) is 0 Å². The topological polar surface area (TPSA) is 101 Å². The van der Waals surface area contributed by atoms with Crippen molar-refractivity contribution in [2.45, 2.75) is 19.4 Å². The first kappa shape index (κ1) is 21.1. The summed E-state index contributed by atoms with van der Waals surface area (Å²) >= 11 is 1.47. The van der Waals surface area contributed by atoms with E-state index in [1.807, 2.05) is 29.6 Å². The summed E-state index contributed by atoms with van der Waals surface area (Å²) in [6.45, 7) is 3.28. The van der Waals surface area contributed by atoms with Crippen LogP contribution < -0.4 is 10.6 Å². The molecule has 8 nitrogen and oxygen atoms in total. The van der Waals surface area contributed by atoms with E-state index in [1.54, 1.807) is 17.0 Å². The van der Waals surface area contributed by atoms with Gasteiger partial charge in [0.1, 0.15) is 11.3 Å². The molecular formula is C22H23N3O5S. The maximum absolute atomic E-state index is 13.1. The van der Waals surface area contributed by atoms with E-state index in [2.05, 4.69) is 10.6 Å². The monoisotopic (exact) mass is 441 g/mol. The number of carbonyl (C=O) groups is 3. The van der Waals surface area contributed by atoms with Crippen LogP contribution in [-0.4, -0.2) is 48.9 Å². The van der Waals surface area contributed by atoms with Crippen LogP contribution in [-0.2, 0) is 14.3 Å². The summed E-state index contributed by atoms with van der Waals surface area (Å²) in [6, 6.07) is 10.5. The summed E-state index contributed by atoms with van der Waals surface area (Å²) in [5.41, 5.74) is 0.871. The SMILES string of the molecule is CC(=O)N[C@@H](CC(=O)Nc1c(C(=O)N2CCOCC2)oc2ccccc12)c1cccs1. The van der Waals surface area contributed by atoms with Crippen molar-refractivity contribution in [1.29, 1.82) is 0 Å². The van der Waals surface area contributed by atoms with E-state index in [9.17, 15) is 14.4 Å². The van der Waals surface area contributed by atoms with Crippen molar-refractivity contribution in [3.05, 3.63) is 52.4 Å². The first-order chi connectivity index (χ1) is 15.0. The number of nitrogens with zero attached hydrogens (tertiary/aromatic N) is 1. The van der Waals surface area contributed by atoms with E-state index in [0.717, 1.165) is 4.88 Å². The lowest BCUT2D eigenvalue weighted by Gasteiger charge is -2.26. The van der Waals surface area contributed by atoms with Gasteiger partial charge >= 0.3 is 0 Å². The number of amides is 3. The van der Waals surface area contributed by atoms with Gasteiger partial charge in [-0.15, -0.1) is 11.3 Å². The van der Waals surface area contributed by atoms with E-state index < -0.39 is 6.04 Å². The standard InChI is InChI=1S/C22H23N3O5S/c1-14(26)23-16(18-7-4-12-31-18)13-19(27)24-20-15-5-2-3-6-17(15)30-21(20)22(28)25-8-10-29-11-9-25/h2-7,12,16H,8-11,13H2,1H3,(H,23,26)(H,24,27)/t16-/m0/s1. The fourth-order valence-corrected chi connectivity index (χ4v) is 4.34. The van der Waals surface area contributed by atoms with E-state index in [0.29, 0.717) is 43.0 Å². The Bertz CT molecular complexity index is 1090. The van der Waals surface area contributed by atoms with Gasteiger partial charge in [0.15, 0.2) is 0 Å². The Hall–Kier alpha value is -3.17. The number of ether oxygens (including phenoxy) is 1. The molecule has 0 spiro atoms. The molecule has 0 unspecified atom stereocenters. The van der Waals surface area contributed by atoms with Crippen LogP contribution in [0, 0.1) is 0 Å². The van der Waals surface area contributed by atoms with Crippen LogP contribution in [0.25, 0.3) is 11.0 Å². The van der Waals surface area contributed by atoms with Crippen LogP contribution in [0.15, 0.2) is 46.2 Å². The zero-order valence-electron chi connectivity index (χ0n) is 17.1. The molecule has 2 N–H and O–H groups in total. The minimum absolute atomic E-state index is 0.0325. The van der Waals surface area contributed by atoms with Gasteiger partial charge in [0.25, 0.3) is 5.91 Å². The Morgan fingerprint density at radius 3 is 2.61 bits per heavy atom. The van der Waals surface area contributed by atoms with Gasteiger partial charge in [-0.3, -0.25) is 14.4 Å². The molecule has 3 heterocycles. The molecule has 1 aliphatic rings. The van der Waals surface area contributed by atoms with E-state index in [4.69, 9.17) is 9.15 Å². The van der Waals surface area contributed by atoms with Gasteiger partial charge in [-0.25, -0.2) is 0 Å². The molecule has 0 bridgehead atoms. The quantitative estimate of drug-likeness (QED) is 0.612. The molecule has 2 aromatic heterocycles. The first-order valence-corrected chi connectivity index (χ1v) is 10.9. The molecule has 162 valence electrons. The zero-order chi connectivity index (χ0) is 21.8. The Balaban J connectivity index is 1.60. The summed E-state index contributed by atoms with van der Waals surface area (Å²) in [6.07, 6.45) is 0.0325. The average molecular weight is 442 g/mol. The number of nitrogens with one attached hydrogen (secondary N) is 2. The summed E-state index contributed by atoms with van der Waals surface area (Å²) in [5, 5.41) is 8.22. The van der Waals surface area contributed by atoms with Gasteiger partial charge in [0.05, 0.1) is 25.7 Å². The van der Waals surface area contributed by atoms with Gasteiger partial charge in [0.2, 0.25) is 17.6 Å². The number of benzene rings is 1. The molecule has 0 aliphatic carbocycles. The fraction of sp³-hybridized carbons (Fsp3) is 0.318. The predicted octanol–water partition coefficient (Wildman–Crippen LogP) is 3.17. The number of thiophene rings is 1. The third-order valence-corrected chi connectivity index (χ3v) is 5.99. The molecule has 0 saturated carbocycles. The van der Waals surface area contributed by atoms with Crippen molar-refractivity contribution >= 4 is 45.7 Å². The number of furan rings is 1. The maximum Gasteiger partial charge on any atom is 0.291 e. The normalized spacial score (nSPS) is 14.9. The first-order valence-electron chi connectivity index (χ1n) is 10.0. The lowest BCUT2D eigenvalue weighted by atomic mass is 10.1. The van der Waals surface area contributed by atoms with E-state index in [-0.39, 0.29) is 29.9 Å². The van der Waals surface area contributed by atoms with Gasteiger partial charge in [0, 0.05) is 30.3 Å². The lowest BCUT2D eigenvalue weighted by Crippen LogP contribution is -2.40. The number of hydrogen-bond acceptors (Lipinski definition) is 6. The van der Waals surface area contributed by atoms with Crippen LogP contribution >= 0.6 is 11.3 Å². The summed E-state index contributed by atoms with van der Waals surface area (Å²) in [5.74, 6) is -0.729. The predicted molar refractivity (Wildman–Crippen MR) is 117 cm³/mol.